The highest BCUT2D eigenvalue weighted by atomic mass is 35.5. The van der Waals surface area contributed by atoms with Crippen molar-refractivity contribution in [2.45, 2.75) is 43.9 Å². The molecule has 11 nitrogen and oxygen atoms in total. The Bertz CT molecular complexity index is 1620. The first-order chi connectivity index (χ1) is 20.4. The van der Waals surface area contributed by atoms with E-state index in [-0.39, 0.29) is 27.1 Å². The Labute approximate surface area is 258 Å². The molecule has 5 rings (SSSR count). The summed E-state index contributed by atoms with van der Waals surface area (Å²) in [5, 5.41) is 6.45. The van der Waals surface area contributed by atoms with E-state index in [0.29, 0.717) is 50.9 Å². The second-order valence-electron chi connectivity index (χ2n) is 11.5. The van der Waals surface area contributed by atoms with Gasteiger partial charge in [0.1, 0.15) is 9.92 Å². The second-order valence-corrected chi connectivity index (χ2v) is 14.0. The zero-order chi connectivity index (χ0) is 30.9. The molecule has 0 spiro atoms. The number of ether oxygens (including phenoxy) is 1. The van der Waals surface area contributed by atoms with Crippen LogP contribution in [0.1, 0.15) is 39.2 Å². The van der Waals surface area contributed by atoms with Crippen LogP contribution in [0, 0.1) is 0 Å². The molecule has 0 aliphatic carbocycles. The van der Waals surface area contributed by atoms with Gasteiger partial charge in [-0.1, -0.05) is 31.5 Å². The molecule has 1 aromatic heterocycles. The van der Waals surface area contributed by atoms with Crippen molar-refractivity contribution in [1.82, 2.24) is 14.3 Å². The molecular weight excluding hydrogens is 590 g/mol. The predicted octanol–water partition coefficient (Wildman–Crippen LogP) is 5.13. The molecule has 1 saturated heterocycles. The van der Waals surface area contributed by atoms with E-state index < -0.39 is 10.0 Å². The van der Waals surface area contributed by atoms with E-state index in [9.17, 15) is 13.2 Å². The van der Waals surface area contributed by atoms with Crippen LogP contribution < -0.4 is 20.4 Å². The lowest BCUT2D eigenvalue weighted by atomic mass is 9.80. The lowest BCUT2D eigenvalue weighted by Crippen LogP contribution is -2.36. The second kappa shape index (κ2) is 12.3. The van der Waals surface area contributed by atoms with E-state index in [1.165, 1.54) is 24.6 Å². The number of benzene rings is 2. The largest absolute Gasteiger partial charge is 0.378 e. The number of hydrogen-bond donors (Lipinski definition) is 2. The Hall–Kier alpha value is -3.45. The van der Waals surface area contributed by atoms with Gasteiger partial charge in [0.25, 0.3) is 0 Å². The summed E-state index contributed by atoms with van der Waals surface area (Å²) in [6.45, 7) is 9.30. The lowest BCUT2D eigenvalue weighted by Gasteiger charge is -2.30. The number of halogens is 1. The molecule has 230 valence electrons. The number of morpholine rings is 1. The molecule has 3 heterocycles. The van der Waals surface area contributed by atoms with E-state index in [4.69, 9.17) is 21.3 Å². The Morgan fingerprint density at radius 2 is 1.88 bits per heavy atom. The van der Waals surface area contributed by atoms with Gasteiger partial charge in [-0.05, 0) is 54.7 Å². The highest BCUT2D eigenvalue weighted by Crippen LogP contribution is 2.40. The Balaban J connectivity index is 1.51. The van der Waals surface area contributed by atoms with Crippen LogP contribution >= 0.6 is 11.6 Å². The third kappa shape index (κ3) is 6.42. The number of sulfonamides is 1. The standard InChI is InChI=1S/C30H38ClN7O4S/c1-6-38(21-7-9-22-25(17-21)33-27(39)11-12-30(22,2)3)29-32-19-23(31)28(35-29)34-24-10-8-20(37-13-15-42-16-14-37)18-26(24)43(40,41)36(4)5/h7-10,17-19H,6,11-16H2,1-5H3,(H,33,39)(H,32,34,35). The van der Waals surface area contributed by atoms with Crippen LogP contribution in [-0.2, 0) is 25.0 Å². The molecule has 2 aliphatic heterocycles. The number of hydrogen-bond acceptors (Lipinski definition) is 9. The molecule has 2 aliphatic rings. The maximum atomic E-state index is 13.4. The SMILES string of the molecule is CCN(c1ccc2c(c1)NC(=O)CCC2(C)C)c1ncc(Cl)c(Nc2ccc(N3CCOCC3)cc2S(=O)(=O)N(C)C)n1. The zero-order valence-electron chi connectivity index (χ0n) is 25.1. The number of amides is 1. The molecular formula is C30H38ClN7O4S. The van der Waals surface area contributed by atoms with Crippen LogP contribution in [0.3, 0.4) is 0 Å². The molecule has 3 aromatic rings. The number of carbonyl (C=O) groups excluding carboxylic acids is 1. The van der Waals surface area contributed by atoms with Crippen LogP contribution in [0.4, 0.5) is 34.5 Å². The minimum absolute atomic E-state index is 0.00984. The summed E-state index contributed by atoms with van der Waals surface area (Å²) in [5.41, 5.74) is 3.63. The number of rotatable bonds is 8. The molecule has 0 radical (unpaired) electrons. The van der Waals surface area contributed by atoms with Gasteiger partial charge >= 0.3 is 0 Å². The zero-order valence-corrected chi connectivity index (χ0v) is 26.7. The Morgan fingerprint density at radius 3 is 2.58 bits per heavy atom. The average Bonchev–Trinajstić information content (AvgIpc) is 3.09. The van der Waals surface area contributed by atoms with Crippen LogP contribution in [0.15, 0.2) is 47.5 Å². The number of fused-ring (bicyclic) bond motifs is 1. The molecule has 0 bridgehead atoms. The molecule has 2 aromatic carbocycles. The summed E-state index contributed by atoms with van der Waals surface area (Å²) in [5.74, 6) is 0.628. The van der Waals surface area contributed by atoms with Gasteiger partial charge in [0.2, 0.25) is 21.9 Å². The summed E-state index contributed by atoms with van der Waals surface area (Å²) in [6.07, 6.45) is 2.71. The molecule has 13 heteroatoms. The Morgan fingerprint density at radius 1 is 1.14 bits per heavy atom. The predicted molar refractivity (Wildman–Crippen MR) is 171 cm³/mol. The lowest BCUT2D eigenvalue weighted by molar-refractivity contribution is -0.116. The van der Waals surface area contributed by atoms with E-state index >= 15 is 0 Å². The van der Waals surface area contributed by atoms with Gasteiger partial charge < -0.3 is 25.2 Å². The number of aromatic nitrogens is 2. The van der Waals surface area contributed by atoms with E-state index in [2.05, 4.69) is 34.4 Å². The van der Waals surface area contributed by atoms with Crippen LogP contribution in [0.25, 0.3) is 0 Å². The van der Waals surface area contributed by atoms with Gasteiger partial charge in [-0.15, -0.1) is 0 Å². The first-order valence-corrected chi connectivity index (χ1v) is 16.1. The molecule has 43 heavy (non-hydrogen) atoms. The first-order valence-electron chi connectivity index (χ1n) is 14.3. The quantitative estimate of drug-likeness (QED) is 0.350. The van der Waals surface area contributed by atoms with Crippen molar-refractivity contribution in [2.24, 2.45) is 0 Å². The normalized spacial score (nSPS) is 16.8. The maximum Gasteiger partial charge on any atom is 0.244 e. The third-order valence-electron chi connectivity index (χ3n) is 7.94. The van der Waals surface area contributed by atoms with Crippen molar-refractivity contribution in [3.63, 3.8) is 0 Å². The third-order valence-corrected chi connectivity index (χ3v) is 10.1. The van der Waals surface area contributed by atoms with Gasteiger partial charge in [-0.2, -0.15) is 4.98 Å². The van der Waals surface area contributed by atoms with E-state index in [0.717, 1.165) is 29.0 Å². The molecule has 1 fully saturated rings. The van der Waals surface area contributed by atoms with E-state index in [1.807, 2.05) is 36.1 Å². The average molecular weight is 628 g/mol. The topological polar surface area (TPSA) is 120 Å². The van der Waals surface area contributed by atoms with Crippen LogP contribution in [0.5, 0.6) is 0 Å². The summed E-state index contributed by atoms with van der Waals surface area (Å²) in [7, 11) is -0.821. The summed E-state index contributed by atoms with van der Waals surface area (Å²) >= 11 is 6.55. The fourth-order valence-corrected chi connectivity index (χ4v) is 6.55. The first kappa shape index (κ1) is 31.0. The minimum Gasteiger partial charge on any atom is -0.378 e. The number of anilines is 6. The fourth-order valence-electron chi connectivity index (χ4n) is 5.35. The summed E-state index contributed by atoms with van der Waals surface area (Å²) < 4.78 is 33.5. The van der Waals surface area contributed by atoms with Gasteiger partial charge in [0.05, 0.1) is 25.1 Å². The van der Waals surface area contributed by atoms with Crippen molar-refractivity contribution in [3.05, 3.63) is 53.2 Å². The van der Waals surface area contributed by atoms with Crippen molar-refractivity contribution in [2.75, 3.05) is 67.4 Å². The summed E-state index contributed by atoms with van der Waals surface area (Å²) in [6, 6.07) is 11.3. The van der Waals surface area contributed by atoms with Crippen molar-refractivity contribution < 1.29 is 17.9 Å². The van der Waals surface area contributed by atoms with Gasteiger partial charge in [0, 0.05) is 57.2 Å². The molecule has 2 N–H and O–H groups in total. The van der Waals surface area contributed by atoms with E-state index in [1.54, 1.807) is 12.1 Å². The number of nitrogens with zero attached hydrogens (tertiary/aromatic N) is 5. The monoisotopic (exact) mass is 627 g/mol. The van der Waals surface area contributed by atoms with Crippen molar-refractivity contribution >= 4 is 62.0 Å². The van der Waals surface area contributed by atoms with Gasteiger partial charge in [-0.3, -0.25) is 4.79 Å². The highest BCUT2D eigenvalue weighted by Gasteiger charge is 2.30. The molecule has 0 unspecified atom stereocenters. The highest BCUT2D eigenvalue weighted by molar-refractivity contribution is 7.89. The number of carbonyl (C=O) groups is 1. The molecule has 0 atom stereocenters. The number of nitrogens with one attached hydrogen (secondary N) is 2. The van der Waals surface area contributed by atoms with Crippen molar-refractivity contribution in [1.29, 1.82) is 0 Å². The maximum absolute atomic E-state index is 13.4. The molecule has 0 saturated carbocycles. The summed E-state index contributed by atoms with van der Waals surface area (Å²) in [4.78, 5) is 25.8. The van der Waals surface area contributed by atoms with Crippen LogP contribution in [0.2, 0.25) is 5.02 Å². The minimum atomic E-state index is -3.82. The molecule has 1 amide bonds. The smallest absolute Gasteiger partial charge is 0.244 e. The van der Waals surface area contributed by atoms with Crippen molar-refractivity contribution in [3.8, 4) is 0 Å². The Kier molecular flexibility index (Phi) is 8.85. The van der Waals surface area contributed by atoms with Crippen LogP contribution in [-0.4, -0.2) is 75.5 Å². The fraction of sp³-hybridized carbons (Fsp3) is 0.433. The van der Waals surface area contributed by atoms with Gasteiger partial charge in [0.15, 0.2) is 5.82 Å². The van der Waals surface area contributed by atoms with Gasteiger partial charge in [-0.25, -0.2) is 17.7 Å².